The quantitative estimate of drug-likeness (QED) is 0.753. The number of nitrogens with one attached hydrogen (secondary N) is 1. The zero-order valence-corrected chi connectivity index (χ0v) is 8.16. The molecule has 3 rings (SSSR count). The van der Waals surface area contributed by atoms with Crippen molar-refractivity contribution in [3.8, 4) is 11.5 Å². The second-order valence-corrected chi connectivity index (χ2v) is 3.77. The first kappa shape index (κ1) is 8.59. The largest absolute Gasteiger partial charge is 0.454 e. The molecule has 2 heterocycles. The van der Waals surface area contributed by atoms with Crippen LogP contribution in [0.25, 0.3) is 0 Å². The number of benzene rings is 1. The summed E-state index contributed by atoms with van der Waals surface area (Å²) in [4.78, 5) is 11.1. The lowest BCUT2D eigenvalue weighted by Crippen LogP contribution is -2.18. The summed E-state index contributed by atoms with van der Waals surface area (Å²) in [5.41, 5.74) is 1.09. The number of hydrogen-bond acceptors (Lipinski definition) is 3. The van der Waals surface area contributed by atoms with Gasteiger partial charge in [-0.15, -0.1) is 0 Å². The highest BCUT2D eigenvalue weighted by atomic mass is 16.7. The van der Waals surface area contributed by atoms with Gasteiger partial charge >= 0.3 is 0 Å². The maximum atomic E-state index is 11.1. The van der Waals surface area contributed by atoms with Crippen LogP contribution in [-0.4, -0.2) is 12.7 Å². The van der Waals surface area contributed by atoms with Crippen molar-refractivity contribution in [2.24, 2.45) is 0 Å². The highest BCUT2D eigenvalue weighted by Crippen LogP contribution is 2.35. The zero-order chi connectivity index (χ0) is 10.3. The van der Waals surface area contributed by atoms with Crippen molar-refractivity contribution in [1.82, 2.24) is 5.32 Å². The van der Waals surface area contributed by atoms with Crippen LogP contribution in [0.15, 0.2) is 18.2 Å². The van der Waals surface area contributed by atoms with Crippen LogP contribution < -0.4 is 14.8 Å². The number of carbonyl (C=O) groups is 1. The summed E-state index contributed by atoms with van der Waals surface area (Å²) in [5.74, 6) is 1.68. The molecule has 0 aromatic heterocycles. The summed E-state index contributed by atoms with van der Waals surface area (Å²) >= 11 is 0. The van der Waals surface area contributed by atoms with Gasteiger partial charge in [0.15, 0.2) is 11.5 Å². The van der Waals surface area contributed by atoms with Crippen molar-refractivity contribution in [1.29, 1.82) is 0 Å². The molecule has 78 valence electrons. The molecule has 1 fully saturated rings. The summed E-state index contributed by atoms with van der Waals surface area (Å²) in [6.07, 6.45) is 1.47. The third-order valence-corrected chi connectivity index (χ3v) is 2.79. The maximum absolute atomic E-state index is 11.1. The van der Waals surface area contributed by atoms with Gasteiger partial charge in [-0.3, -0.25) is 4.79 Å². The Hall–Kier alpha value is -1.71. The van der Waals surface area contributed by atoms with Gasteiger partial charge < -0.3 is 14.8 Å². The van der Waals surface area contributed by atoms with E-state index in [1.807, 2.05) is 18.2 Å². The standard InChI is InChI=1S/C11H11NO3/c13-11-4-2-8(12-11)7-1-3-9-10(5-7)15-6-14-9/h1,3,5,8H,2,4,6H2,(H,12,13). The van der Waals surface area contributed by atoms with Gasteiger partial charge in [-0.2, -0.15) is 0 Å². The second-order valence-electron chi connectivity index (χ2n) is 3.77. The smallest absolute Gasteiger partial charge is 0.231 e. The summed E-state index contributed by atoms with van der Waals surface area (Å²) in [7, 11) is 0. The summed E-state index contributed by atoms with van der Waals surface area (Å²) in [5, 5.41) is 2.93. The average molecular weight is 205 g/mol. The molecular formula is C11H11NO3. The molecule has 2 aliphatic rings. The van der Waals surface area contributed by atoms with Gasteiger partial charge in [0, 0.05) is 6.42 Å². The average Bonchev–Trinajstić information content (AvgIpc) is 2.84. The highest BCUT2D eigenvalue weighted by molar-refractivity contribution is 5.78. The van der Waals surface area contributed by atoms with Gasteiger partial charge in [-0.1, -0.05) is 6.07 Å². The molecule has 4 heteroatoms. The summed E-state index contributed by atoms with van der Waals surface area (Å²) in [6.45, 7) is 0.288. The Labute approximate surface area is 87.2 Å². The lowest BCUT2D eigenvalue weighted by Gasteiger charge is -2.10. The molecule has 0 radical (unpaired) electrons. The van der Waals surface area contributed by atoms with Gasteiger partial charge in [-0.25, -0.2) is 0 Å². The van der Waals surface area contributed by atoms with Gasteiger partial charge in [-0.05, 0) is 24.1 Å². The highest BCUT2D eigenvalue weighted by Gasteiger charge is 2.24. The van der Waals surface area contributed by atoms with Crippen LogP contribution >= 0.6 is 0 Å². The van der Waals surface area contributed by atoms with Gasteiger partial charge in [0.25, 0.3) is 0 Å². The Morgan fingerprint density at radius 1 is 1.27 bits per heavy atom. The van der Waals surface area contributed by atoms with E-state index in [1.165, 1.54) is 0 Å². The van der Waals surface area contributed by atoms with Gasteiger partial charge in [0.1, 0.15) is 0 Å². The Balaban J connectivity index is 1.89. The number of hydrogen-bond donors (Lipinski definition) is 1. The fourth-order valence-corrected chi connectivity index (χ4v) is 1.99. The predicted molar refractivity (Wildman–Crippen MR) is 52.7 cm³/mol. The minimum absolute atomic E-state index is 0.123. The fourth-order valence-electron chi connectivity index (χ4n) is 1.99. The van der Waals surface area contributed by atoms with Crippen LogP contribution in [0.3, 0.4) is 0 Å². The molecule has 1 unspecified atom stereocenters. The first-order valence-corrected chi connectivity index (χ1v) is 5.02. The van der Waals surface area contributed by atoms with Crippen molar-refractivity contribution >= 4 is 5.91 Å². The predicted octanol–water partition coefficient (Wildman–Crippen LogP) is 1.37. The van der Waals surface area contributed by atoms with Crippen molar-refractivity contribution in [3.05, 3.63) is 23.8 Å². The van der Waals surface area contributed by atoms with Crippen molar-refractivity contribution in [2.75, 3.05) is 6.79 Å². The fraction of sp³-hybridized carbons (Fsp3) is 0.364. The maximum Gasteiger partial charge on any atom is 0.231 e. The Morgan fingerprint density at radius 3 is 2.93 bits per heavy atom. The van der Waals surface area contributed by atoms with E-state index in [1.54, 1.807) is 0 Å². The van der Waals surface area contributed by atoms with Crippen LogP contribution in [0.1, 0.15) is 24.4 Å². The molecule has 1 N–H and O–H groups in total. The molecule has 1 amide bonds. The minimum atomic E-state index is 0.123. The zero-order valence-electron chi connectivity index (χ0n) is 8.16. The van der Waals surface area contributed by atoms with Crippen LogP contribution in [0.2, 0.25) is 0 Å². The van der Waals surface area contributed by atoms with Crippen molar-refractivity contribution < 1.29 is 14.3 Å². The molecule has 4 nitrogen and oxygen atoms in total. The number of carbonyl (C=O) groups excluding carboxylic acids is 1. The Kier molecular flexibility index (Phi) is 1.80. The molecule has 1 atom stereocenters. The normalized spacial score (nSPS) is 22.9. The van der Waals surface area contributed by atoms with Gasteiger partial charge in [0.2, 0.25) is 12.7 Å². The molecule has 2 aliphatic heterocycles. The molecule has 0 aliphatic carbocycles. The molecule has 1 aromatic rings. The van der Waals surface area contributed by atoms with Crippen molar-refractivity contribution in [3.63, 3.8) is 0 Å². The summed E-state index contributed by atoms with van der Waals surface area (Å²) in [6, 6.07) is 5.94. The number of amides is 1. The first-order valence-electron chi connectivity index (χ1n) is 5.02. The Morgan fingerprint density at radius 2 is 2.13 bits per heavy atom. The molecule has 1 aromatic carbocycles. The van der Waals surface area contributed by atoms with E-state index in [9.17, 15) is 4.79 Å². The monoisotopic (exact) mass is 205 g/mol. The molecule has 0 spiro atoms. The van der Waals surface area contributed by atoms with E-state index >= 15 is 0 Å². The molecule has 0 saturated carbocycles. The number of rotatable bonds is 1. The van der Waals surface area contributed by atoms with Crippen LogP contribution in [0, 0.1) is 0 Å². The molecule has 0 bridgehead atoms. The Bertz CT molecular complexity index is 416. The molecule has 15 heavy (non-hydrogen) atoms. The third kappa shape index (κ3) is 1.42. The number of ether oxygens (including phenoxy) is 2. The molecular weight excluding hydrogens is 194 g/mol. The SMILES string of the molecule is O=C1CCC(c2ccc3c(c2)OCO3)N1. The van der Waals surface area contributed by atoms with E-state index in [4.69, 9.17) is 9.47 Å². The van der Waals surface area contributed by atoms with Crippen molar-refractivity contribution in [2.45, 2.75) is 18.9 Å². The lowest BCUT2D eigenvalue weighted by atomic mass is 10.1. The second kappa shape index (κ2) is 3.15. The van der Waals surface area contributed by atoms with E-state index in [-0.39, 0.29) is 18.7 Å². The van der Waals surface area contributed by atoms with Crippen LogP contribution in [0.5, 0.6) is 11.5 Å². The lowest BCUT2D eigenvalue weighted by molar-refractivity contribution is -0.119. The first-order chi connectivity index (χ1) is 7.33. The van der Waals surface area contributed by atoms with E-state index < -0.39 is 0 Å². The van der Waals surface area contributed by atoms with E-state index in [0.29, 0.717) is 6.42 Å². The van der Waals surface area contributed by atoms with Gasteiger partial charge in [0.05, 0.1) is 6.04 Å². The topological polar surface area (TPSA) is 47.6 Å². The molecule has 1 saturated heterocycles. The van der Waals surface area contributed by atoms with Crippen LogP contribution in [-0.2, 0) is 4.79 Å². The summed E-state index contributed by atoms with van der Waals surface area (Å²) < 4.78 is 10.5. The van der Waals surface area contributed by atoms with E-state index in [0.717, 1.165) is 23.5 Å². The van der Waals surface area contributed by atoms with Crippen LogP contribution in [0.4, 0.5) is 0 Å². The minimum Gasteiger partial charge on any atom is -0.454 e. The number of fused-ring (bicyclic) bond motifs is 1. The van der Waals surface area contributed by atoms with E-state index in [2.05, 4.69) is 5.32 Å². The third-order valence-electron chi connectivity index (χ3n) is 2.79.